The number of hydrogen-bond acceptors (Lipinski definition) is 3. The first-order valence-electron chi connectivity index (χ1n) is 6.98. The largest absolute Gasteiger partial charge is 0.314 e. The van der Waals surface area contributed by atoms with E-state index in [0.717, 1.165) is 29.4 Å². The van der Waals surface area contributed by atoms with Crippen LogP contribution in [0.15, 0.2) is 23.6 Å². The molecular weight excluding hydrogens is 288 g/mol. The van der Waals surface area contributed by atoms with Gasteiger partial charge >= 0.3 is 0 Å². The molecule has 0 aliphatic rings. The van der Waals surface area contributed by atoms with E-state index < -0.39 is 0 Å². The first kappa shape index (κ1) is 15.5. The summed E-state index contributed by atoms with van der Waals surface area (Å²) >= 11 is 8.05. The number of aryl methyl sites for hydroxylation is 2. The minimum atomic E-state index is 0.377. The summed E-state index contributed by atoms with van der Waals surface area (Å²) < 4.78 is 0. The average Bonchev–Trinajstić information content (AvgIpc) is 2.78. The van der Waals surface area contributed by atoms with Crippen molar-refractivity contribution in [2.75, 3.05) is 6.54 Å². The molecule has 1 atom stereocenters. The van der Waals surface area contributed by atoms with E-state index in [1.54, 1.807) is 11.3 Å². The number of likely N-dealkylation sites (N-methyl/N-ethyl adjacent to an activating group) is 1. The maximum atomic E-state index is 6.34. The molecule has 1 aromatic heterocycles. The lowest BCUT2D eigenvalue weighted by molar-refractivity contribution is 0.517. The second kappa shape index (κ2) is 7.21. The Kier molecular flexibility index (Phi) is 5.58. The number of thiazole rings is 1. The van der Waals surface area contributed by atoms with Crippen LogP contribution in [0.4, 0.5) is 0 Å². The quantitative estimate of drug-likeness (QED) is 0.866. The first-order valence-corrected chi connectivity index (χ1v) is 8.23. The Morgan fingerprint density at radius 1 is 1.30 bits per heavy atom. The van der Waals surface area contributed by atoms with Crippen molar-refractivity contribution < 1.29 is 0 Å². The molecule has 0 bridgehead atoms. The molecule has 1 heterocycles. The summed E-state index contributed by atoms with van der Waals surface area (Å²) in [6, 6.07) is 6.67. The molecule has 0 radical (unpaired) electrons. The van der Waals surface area contributed by atoms with E-state index in [1.807, 2.05) is 13.0 Å². The van der Waals surface area contributed by atoms with Crippen molar-refractivity contribution in [3.05, 3.63) is 50.4 Å². The zero-order valence-corrected chi connectivity index (χ0v) is 13.8. The second-order valence-corrected chi connectivity index (χ2v) is 6.59. The lowest BCUT2D eigenvalue weighted by atomic mass is 10.0. The third-order valence-electron chi connectivity index (χ3n) is 3.29. The molecule has 0 saturated carbocycles. The van der Waals surface area contributed by atoms with Gasteiger partial charge in [0.25, 0.3) is 0 Å². The predicted molar refractivity (Wildman–Crippen MR) is 87.9 cm³/mol. The Hall–Kier alpha value is -0.900. The van der Waals surface area contributed by atoms with Crippen LogP contribution in [0.25, 0.3) is 0 Å². The van der Waals surface area contributed by atoms with Crippen molar-refractivity contribution in [2.24, 2.45) is 0 Å². The van der Waals surface area contributed by atoms with Gasteiger partial charge in [0.2, 0.25) is 0 Å². The van der Waals surface area contributed by atoms with E-state index in [4.69, 9.17) is 11.6 Å². The third-order valence-corrected chi connectivity index (χ3v) is 4.46. The van der Waals surface area contributed by atoms with Crippen molar-refractivity contribution in [1.82, 2.24) is 10.3 Å². The molecule has 2 aromatic rings. The Morgan fingerprint density at radius 2 is 2.10 bits per heavy atom. The maximum absolute atomic E-state index is 6.34. The van der Waals surface area contributed by atoms with Crippen molar-refractivity contribution in [1.29, 1.82) is 0 Å². The molecule has 1 aromatic carbocycles. The van der Waals surface area contributed by atoms with E-state index in [-0.39, 0.29) is 0 Å². The van der Waals surface area contributed by atoms with Gasteiger partial charge < -0.3 is 5.32 Å². The highest BCUT2D eigenvalue weighted by Crippen LogP contribution is 2.20. The molecule has 0 aliphatic heterocycles. The molecule has 0 saturated heterocycles. The van der Waals surface area contributed by atoms with Gasteiger partial charge in [-0.1, -0.05) is 30.7 Å². The number of aromatic nitrogens is 1. The van der Waals surface area contributed by atoms with Crippen LogP contribution in [-0.2, 0) is 12.8 Å². The molecule has 0 fully saturated rings. The summed E-state index contributed by atoms with van der Waals surface area (Å²) in [6.45, 7) is 7.20. The van der Waals surface area contributed by atoms with Crippen LogP contribution in [0, 0.1) is 13.8 Å². The predicted octanol–water partition coefficient (Wildman–Crippen LogP) is 4.18. The molecule has 1 N–H and O–H groups in total. The molecular formula is C16H21ClN2S. The minimum absolute atomic E-state index is 0.377. The van der Waals surface area contributed by atoms with Crippen LogP contribution >= 0.6 is 22.9 Å². The van der Waals surface area contributed by atoms with Crippen molar-refractivity contribution in [2.45, 2.75) is 39.7 Å². The van der Waals surface area contributed by atoms with Gasteiger partial charge in [-0.2, -0.15) is 0 Å². The summed E-state index contributed by atoms with van der Waals surface area (Å²) in [7, 11) is 0. The molecule has 1 unspecified atom stereocenters. The fraction of sp³-hybridized carbons (Fsp3) is 0.438. The minimum Gasteiger partial charge on any atom is -0.314 e. The van der Waals surface area contributed by atoms with Gasteiger partial charge in [0.1, 0.15) is 0 Å². The van der Waals surface area contributed by atoms with E-state index in [9.17, 15) is 0 Å². The maximum Gasteiger partial charge on any atom is 0.0897 e. The number of rotatable bonds is 6. The molecule has 0 aliphatic carbocycles. The van der Waals surface area contributed by atoms with Gasteiger partial charge in [0.15, 0.2) is 0 Å². The van der Waals surface area contributed by atoms with E-state index >= 15 is 0 Å². The standard InChI is InChI=1S/C16H21ClN2S/c1-4-18-14(9-15-10-20-12(3)19-15)8-13-6-5-11(2)7-16(13)17/h5-7,10,14,18H,4,8-9H2,1-3H3. The van der Waals surface area contributed by atoms with Gasteiger partial charge in [-0.05, 0) is 44.0 Å². The van der Waals surface area contributed by atoms with E-state index in [1.165, 1.54) is 16.8 Å². The number of hydrogen-bond donors (Lipinski definition) is 1. The zero-order chi connectivity index (χ0) is 14.5. The molecule has 0 spiro atoms. The average molecular weight is 309 g/mol. The van der Waals surface area contributed by atoms with Crippen LogP contribution in [-0.4, -0.2) is 17.6 Å². The van der Waals surface area contributed by atoms with E-state index in [2.05, 4.69) is 41.7 Å². The summed E-state index contributed by atoms with van der Waals surface area (Å²) in [4.78, 5) is 4.56. The Bertz CT molecular complexity index is 565. The fourth-order valence-corrected chi connectivity index (χ4v) is 3.28. The van der Waals surface area contributed by atoms with Gasteiger partial charge in [-0.25, -0.2) is 4.98 Å². The molecule has 20 heavy (non-hydrogen) atoms. The molecule has 4 heteroatoms. The molecule has 0 amide bonds. The Morgan fingerprint density at radius 3 is 2.70 bits per heavy atom. The number of nitrogens with zero attached hydrogens (tertiary/aromatic N) is 1. The summed E-state index contributed by atoms with van der Waals surface area (Å²) in [5.74, 6) is 0. The van der Waals surface area contributed by atoms with Crippen LogP contribution in [0.2, 0.25) is 5.02 Å². The zero-order valence-electron chi connectivity index (χ0n) is 12.2. The van der Waals surface area contributed by atoms with Crippen LogP contribution < -0.4 is 5.32 Å². The van der Waals surface area contributed by atoms with Crippen molar-refractivity contribution >= 4 is 22.9 Å². The van der Waals surface area contributed by atoms with Crippen LogP contribution in [0.3, 0.4) is 0 Å². The van der Waals surface area contributed by atoms with Crippen LogP contribution in [0.1, 0.15) is 28.8 Å². The number of nitrogens with one attached hydrogen (secondary N) is 1. The van der Waals surface area contributed by atoms with Gasteiger partial charge in [0.05, 0.1) is 10.7 Å². The topological polar surface area (TPSA) is 24.9 Å². The number of halogens is 1. The smallest absolute Gasteiger partial charge is 0.0897 e. The van der Waals surface area contributed by atoms with Gasteiger partial charge in [0, 0.05) is 22.9 Å². The Labute approximate surface area is 130 Å². The first-order chi connectivity index (χ1) is 9.58. The highest BCUT2D eigenvalue weighted by atomic mass is 35.5. The summed E-state index contributed by atoms with van der Waals surface area (Å²) in [5, 5.41) is 7.68. The normalized spacial score (nSPS) is 12.6. The molecule has 108 valence electrons. The SMILES string of the molecule is CCNC(Cc1csc(C)n1)Cc1ccc(C)cc1Cl. The highest BCUT2D eigenvalue weighted by Gasteiger charge is 2.13. The Balaban J connectivity index is 2.08. The van der Waals surface area contributed by atoms with Crippen molar-refractivity contribution in [3.8, 4) is 0 Å². The molecule has 2 rings (SSSR count). The lowest BCUT2D eigenvalue weighted by Gasteiger charge is -2.18. The summed E-state index contributed by atoms with van der Waals surface area (Å²) in [5.41, 5.74) is 3.57. The van der Waals surface area contributed by atoms with E-state index in [0.29, 0.717) is 6.04 Å². The lowest BCUT2D eigenvalue weighted by Crippen LogP contribution is -2.33. The monoisotopic (exact) mass is 308 g/mol. The van der Waals surface area contributed by atoms with Crippen LogP contribution in [0.5, 0.6) is 0 Å². The van der Waals surface area contributed by atoms with Crippen molar-refractivity contribution in [3.63, 3.8) is 0 Å². The fourth-order valence-electron chi connectivity index (χ4n) is 2.34. The third kappa shape index (κ3) is 4.30. The second-order valence-electron chi connectivity index (χ2n) is 5.12. The van der Waals surface area contributed by atoms with Gasteiger partial charge in [-0.15, -0.1) is 11.3 Å². The number of benzene rings is 1. The summed E-state index contributed by atoms with van der Waals surface area (Å²) in [6.07, 6.45) is 1.88. The highest BCUT2D eigenvalue weighted by molar-refractivity contribution is 7.09. The molecule has 2 nitrogen and oxygen atoms in total. The van der Waals surface area contributed by atoms with Gasteiger partial charge in [-0.3, -0.25) is 0 Å².